The summed E-state index contributed by atoms with van der Waals surface area (Å²) in [7, 11) is 1.60. The molecule has 0 unspecified atom stereocenters. The Morgan fingerprint density at radius 2 is 2.12 bits per heavy atom. The van der Waals surface area contributed by atoms with Crippen molar-refractivity contribution in [2.75, 3.05) is 26.8 Å². The van der Waals surface area contributed by atoms with Crippen molar-refractivity contribution < 1.29 is 9.53 Å². The first-order valence-electron chi connectivity index (χ1n) is 5.29. The number of nitriles is 1. The van der Waals surface area contributed by atoms with Gasteiger partial charge in [-0.1, -0.05) is 5.92 Å². The molecular formula is C12H16N2O2. The molecule has 1 aliphatic heterocycles. The van der Waals surface area contributed by atoms with E-state index >= 15 is 0 Å². The highest BCUT2D eigenvalue weighted by molar-refractivity contribution is 5.93. The number of carbonyl (C=O) groups is 1. The molecule has 0 aromatic heterocycles. The molecule has 0 bridgehead atoms. The predicted octanol–water partition coefficient (Wildman–Crippen LogP) is 0.788. The van der Waals surface area contributed by atoms with E-state index in [9.17, 15) is 4.79 Å². The van der Waals surface area contributed by atoms with Gasteiger partial charge in [-0.3, -0.25) is 4.79 Å². The lowest BCUT2D eigenvalue weighted by Crippen LogP contribution is -2.44. The molecule has 16 heavy (non-hydrogen) atoms. The van der Waals surface area contributed by atoms with Crippen molar-refractivity contribution in [1.82, 2.24) is 4.90 Å². The third-order valence-electron chi connectivity index (χ3n) is 2.90. The lowest BCUT2D eigenvalue weighted by molar-refractivity contribution is -0.127. The van der Waals surface area contributed by atoms with Crippen molar-refractivity contribution in [1.29, 1.82) is 5.26 Å². The Labute approximate surface area is 96.2 Å². The van der Waals surface area contributed by atoms with Gasteiger partial charge in [0.25, 0.3) is 5.91 Å². The predicted molar refractivity (Wildman–Crippen MR) is 59.2 cm³/mol. The Balaban J connectivity index is 2.58. The van der Waals surface area contributed by atoms with Crippen LogP contribution in [0.2, 0.25) is 0 Å². The highest BCUT2D eigenvalue weighted by atomic mass is 16.5. The van der Waals surface area contributed by atoms with Crippen LogP contribution in [0, 0.1) is 28.6 Å². The number of likely N-dealkylation sites (tertiary alicyclic amines) is 1. The van der Waals surface area contributed by atoms with Crippen molar-refractivity contribution >= 4 is 5.91 Å². The highest BCUT2D eigenvalue weighted by Gasteiger charge is 2.35. The van der Waals surface area contributed by atoms with E-state index in [-0.39, 0.29) is 5.91 Å². The Bertz CT molecular complexity index is 351. The highest BCUT2D eigenvalue weighted by Crippen LogP contribution is 2.30. The summed E-state index contributed by atoms with van der Waals surface area (Å²) in [5.41, 5.74) is -0.425. The van der Waals surface area contributed by atoms with Gasteiger partial charge in [0, 0.05) is 20.2 Å². The molecule has 1 saturated heterocycles. The number of hydrogen-bond donors (Lipinski definition) is 0. The normalized spacial score (nSPS) is 18.2. The summed E-state index contributed by atoms with van der Waals surface area (Å²) in [5, 5.41) is 9.14. The van der Waals surface area contributed by atoms with Crippen LogP contribution in [-0.2, 0) is 9.53 Å². The molecule has 1 heterocycles. The molecule has 0 aliphatic carbocycles. The Kier molecular flexibility index (Phi) is 4.34. The Morgan fingerprint density at radius 3 is 2.56 bits per heavy atom. The minimum atomic E-state index is -0.425. The number of amides is 1. The number of piperidine rings is 1. The van der Waals surface area contributed by atoms with Crippen LogP contribution in [-0.4, -0.2) is 37.6 Å². The molecule has 0 spiro atoms. The van der Waals surface area contributed by atoms with Crippen molar-refractivity contribution in [3.63, 3.8) is 0 Å². The van der Waals surface area contributed by atoms with E-state index in [2.05, 4.69) is 17.9 Å². The largest absolute Gasteiger partial charge is 0.383 e. The average Bonchev–Trinajstić information content (AvgIpc) is 2.30. The molecule has 4 nitrogen and oxygen atoms in total. The Hall–Kier alpha value is -1.52. The number of ether oxygens (including phenoxy) is 1. The van der Waals surface area contributed by atoms with Crippen molar-refractivity contribution in [2.24, 2.45) is 5.41 Å². The quantitative estimate of drug-likeness (QED) is 0.646. The molecule has 86 valence electrons. The molecule has 1 amide bonds. The zero-order chi connectivity index (χ0) is 12.0. The SMILES string of the molecule is CC#CC(=O)N1CCC(C#N)(COC)CC1. The lowest BCUT2D eigenvalue weighted by Gasteiger charge is -2.35. The smallest absolute Gasteiger partial charge is 0.298 e. The first kappa shape index (κ1) is 12.5. The molecule has 0 radical (unpaired) electrons. The van der Waals surface area contributed by atoms with E-state index in [0.29, 0.717) is 32.5 Å². The van der Waals surface area contributed by atoms with Crippen LogP contribution in [0.3, 0.4) is 0 Å². The van der Waals surface area contributed by atoms with Crippen LogP contribution >= 0.6 is 0 Å². The number of nitrogens with zero attached hydrogens (tertiary/aromatic N) is 2. The maximum absolute atomic E-state index is 11.5. The standard InChI is InChI=1S/C12H16N2O2/c1-3-4-11(15)14-7-5-12(9-13,6-8-14)10-16-2/h5-8,10H2,1-2H3. The van der Waals surface area contributed by atoms with E-state index in [1.54, 1.807) is 18.9 Å². The number of methoxy groups -OCH3 is 1. The average molecular weight is 220 g/mol. The van der Waals surface area contributed by atoms with Gasteiger partial charge in [0.1, 0.15) is 0 Å². The maximum atomic E-state index is 11.5. The van der Waals surface area contributed by atoms with Gasteiger partial charge in [-0.15, -0.1) is 0 Å². The third-order valence-corrected chi connectivity index (χ3v) is 2.90. The first-order chi connectivity index (χ1) is 7.67. The second kappa shape index (κ2) is 5.53. The maximum Gasteiger partial charge on any atom is 0.298 e. The minimum Gasteiger partial charge on any atom is -0.383 e. The minimum absolute atomic E-state index is 0.147. The van der Waals surface area contributed by atoms with Crippen molar-refractivity contribution in [3.8, 4) is 17.9 Å². The van der Waals surface area contributed by atoms with Crippen molar-refractivity contribution in [2.45, 2.75) is 19.8 Å². The van der Waals surface area contributed by atoms with Gasteiger partial charge in [-0.05, 0) is 25.7 Å². The van der Waals surface area contributed by atoms with Crippen LogP contribution in [0.1, 0.15) is 19.8 Å². The topological polar surface area (TPSA) is 53.3 Å². The fraction of sp³-hybridized carbons (Fsp3) is 0.667. The fourth-order valence-electron chi connectivity index (χ4n) is 1.89. The molecule has 0 aromatic rings. The van der Waals surface area contributed by atoms with E-state index in [1.165, 1.54) is 0 Å². The summed E-state index contributed by atoms with van der Waals surface area (Å²) in [4.78, 5) is 13.2. The van der Waals surface area contributed by atoms with Crippen LogP contribution in [0.5, 0.6) is 0 Å². The number of carbonyl (C=O) groups excluding carboxylic acids is 1. The van der Waals surface area contributed by atoms with Gasteiger partial charge in [0.2, 0.25) is 0 Å². The molecular weight excluding hydrogens is 204 g/mol. The molecule has 1 rings (SSSR count). The summed E-state index contributed by atoms with van der Waals surface area (Å²) in [6.45, 7) is 3.26. The summed E-state index contributed by atoms with van der Waals surface area (Å²) < 4.78 is 5.06. The first-order valence-corrected chi connectivity index (χ1v) is 5.29. The summed E-state index contributed by atoms with van der Waals surface area (Å²) in [5.74, 6) is 4.96. The third kappa shape index (κ3) is 2.74. The molecule has 0 N–H and O–H groups in total. The summed E-state index contributed by atoms with van der Waals surface area (Å²) >= 11 is 0. The molecule has 1 fully saturated rings. The van der Waals surface area contributed by atoms with E-state index < -0.39 is 5.41 Å². The monoisotopic (exact) mass is 220 g/mol. The summed E-state index contributed by atoms with van der Waals surface area (Å²) in [6, 6.07) is 2.31. The van der Waals surface area contributed by atoms with Gasteiger partial charge in [0.05, 0.1) is 18.1 Å². The van der Waals surface area contributed by atoms with Gasteiger partial charge in [-0.2, -0.15) is 5.26 Å². The van der Waals surface area contributed by atoms with Gasteiger partial charge in [0.15, 0.2) is 0 Å². The van der Waals surface area contributed by atoms with E-state index in [1.807, 2.05) is 0 Å². The zero-order valence-corrected chi connectivity index (χ0v) is 9.75. The second-order valence-electron chi connectivity index (χ2n) is 3.99. The molecule has 0 aromatic carbocycles. The van der Waals surface area contributed by atoms with Crippen molar-refractivity contribution in [3.05, 3.63) is 0 Å². The number of rotatable bonds is 2. The van der Waals surface area contributed by atoms with Crippen LogP contribution in [0.4, 0.5) is 0 Å². The van der Waals surface area contributed by atoms with Crippen LogP contribution in [0.15, 0.2) is 0 Å². The van der Waals surface area contributed by atoms with E-state index in [4.69, 9.17) is 10.00 Å². The molecule has 4 heteroatoms. The molecule has 1 aliphatic rings. The van der Waals surface area contributed by atoms with Gasteiger partial charge < -0.3 is 9.64 Å². The summed E-state index contributed by atoms with van der Waals surface area (Å²) in [6.07, 6.45) is 1.32. The Morgan fingerprint density at radius 1 is 1.50 bits per heavy atom. The van der Waals surface area contributed by atoms with Crippen LogP contribution < -0.4 is 0 Å². The van der Waals surface area contributed by atoms with Gasteiger partial charge in [-0.25, -0.2) is 0 Å². The lowest BCUT2D eigenvalue weighted by atomic mass is 9.80. The molecule has 0 saturated carbocycles. The molecule has 0 atom stereocenters. The number of hydrogen-bond acceptors (Lipinski definition) is 3. The second-order valence-corrected chi connectivity index (χ2v) is 3.99. The zero-order valence-electron chi connectivity index (χ0n) is 9.75. The van der Waals surface area contributed by atoms with E-state index in [0.717, 1.165) is 0 Å². The van der Waals surface area contributed by atoms with Gasteiger partial charge >= 0.3 is 0 Å². The fourth-order valence-corrected chi connectivity index (χ4v) is 1.89. The van der Waals surface area contributed by atoms with Crippen LogP contribution in [0.25, 0.3) is 0 Å².